The summed E-state index contributed by atoms with van der Waals surface area (Å²) in [6.07, 6.45) is 0. The third-order valence-corrected chi connectivity index (χ3v) is 3.95. The van der Waals surface area contributed by atoms with Crippen LogP contribution >= 0.6 is 23.2 Å². The lowest BCUT2D eigenvalue weighted by Gasteiger charge is -2.15. The number of aromatic nitrogens is 4. The predicted octanol–water partition coefficient (Wildman–Crippen LogP) is 4.10. The minimum atomic E-state index is 0.334. The smallest absolute Gasteiger partial charge is 0.263 e. The van der Waals surface area contributed by atoms with E-state index in [2.05, 4.69) is 25.9 Å². The van der Waals surface area contributed by atoms with E-state index in [4.69, 9.17) is 32.7 Å². The molecule has 26 heavy (non-hydrogen) atoms. The van der Waals surface area contributed by atoms with Crippen LogP contribution < -0.4 is 14.8 Å². The number of rotatable bonds is 8. The van der Waals surface area contributed by atoms with Gasteiger partial charge in [0.1, 0.15) is 6.61 Å². The van der Waals surface area contributed by atoms with Gasteiger partial charge in [-0.1, -0.05) is 40.4 Å². The van der Waals surface area contributed by atoms with Crippen LogP contribution in [0, 0.1) is 0 Å². The van der Waals surface area contributed by atoms with E-state index in [1.165, 1.54) is 0 Å². The molecule has 2 aromatic carbocycles. The first-order valence-corrected chi connectivity index (χ1v) is 8.71. The third kappa shape index (κ3) is 4.77. The minimum Gasteiger partial charge on any atom is -0.490 e. The van der Waals surface area contributed by atoms with Crippen LogP contribution in [-0.2, 0) is 13.2 Å². The fourth-order valence-electron chi connectivity index (χ4n) is 2.33. The third-order valence-electron chi connectivity index (χ3n) is 3.44. The zero-order valence-electron chi connectivity index (χ0n) is 14.0. The first-order valence-electron chi connectivity index (χ1n) is 7.95. The van der Waals surface area contributed by atoms with Gasteiger partial charge in [-0.2, -0.15) is 5.21 Å². The average Bonchev–Trinajstić information content (AvgIpc) is 3.13. The molecule has 1 heterocycles. The second-order valence-electron chi connectivity index (χ2n) is 5.35. The van der Waals surface area contributed by atoms with Crippen LogP contribution in [0.3, 0.4) is 0 Å². The number of hydrogen-bond acceptors (Lipinski definition) is 6. The first-order chi connectivity index (χ1) is 12.7. The van der Waals surface area contributed by atoms with Gasteiger partial charge in [0.15, 0.2) is 11.5 Å². The molecule has 3 aromatic rings. The fraction of sp³-hybridized carbons (Fsp3) is 0.235. The molecule has 2 N–H and O–H groups in total. The summed E-state index contributed by atoms with van der Waals surface area (Å²) >= 11 is 12.4. The molecule has 3 rings (SSSR count). The molecule has 1 aromatic heterocycles. The molecule has 0 unspecified atom stereocenters. The molecule has 136 valence electrons. The van der Waals surface area contributed by atoms with Crippen LogP contribution in [0.15, 0.2) is 36.4 Å². The Morgan fingerprint density at radius 1 is 1.12 bits per heavy atom. The summed E-state index contributed by atoms with van der Waals surface area (Å²) in [7, 11) is 0. The SMILES string of the molecule is CCOc1cc(CNc2nn[nH]n2)cc(Cl)c1OCc1cccc(Cl)c1. The second-order valence-corrected chi connectivity index (χ2v) is 6.19. The lowest BCUT2D eigenvalue weighted by molar-refractivity contribution is 0.269. The Labute approximate surface area is 160 Å². The first kappa shape index (κ1) is 18.3. The number of benzene rings is 2. The predicted molar refractivity (Wildman–Crippen MR) is 99.9 cm³/mol. The van der Waals surface area contributed by atoms with E-state index in [1.807, 2.05) is 43.3 Å². The van der Waals surface area contributed by atoms with Gasteiger partial charge in [-0.3, -0.25) is 0 Å². The fourth-order valence-corrected chi connectivity index (χ4v) is 2.83. The molecular weight excluding hydrogens is 377 g/mol. The van der Waals surface area contributed by atoms with E-state index >= 15 is 0 Å². The molecule has 0 aliphatic rings. The van der Waals surface area contributed by atoms with Crippen molar-refractivity contribution in [3.8, 4) is 11.5 Å². The number of halogens is 2. The number of nitrogens with zero attached hydrogens (tertiary/aromatic N) is 3. The Kier molecular flexibility index (Phi) is 6.14. The van der Waals surface area contributed by atoms with Crippen molar-refractivity contribution in [2.75, 3.05) is 11.9 Å². The van der Waals surface area contributed by atoms with Crippen molar-refractivity contribution < 1.29 is 9.47 Å². The van der Waals surface area contributed by atoms with Crippen molar-refractivity contribution in [2.24, 2.45) is 0 Å². The highest BCUT2D eigenvalue weighted by Crippen LogP contribution is 2.37. The van der Waals surface area contributed by atoms with Crippen LogP contribution in [0.25, 0.3) is 0 Å². The van der Waals surface area contributed by atoms with E-state index in [0.29, 0.717) is 47.3 Å². The Hall–Kier alpha value is -2.51. The van der Waals surface area contributed by atoms with Crippen LogP contribution in [-0.4, -0.2) is 27.2 Å². The van der Waals surface area contributed by atoms with E-state index in [-0.39, 0.29) is 0 Å². The molecular formula is C17H17Cl2N5O2. The summed E-state index contributed by atoms with van der Waals surface area (Å²) in [5, 5.41) is 17.7. The van der Waals surface area contributed by atoms with Gasteiger partial charge in [-0.05, 0) is 47.5 Å². The van der Waals surface area contributed by atoms with Crippen LogP contribution in [0.2, 0.25) is 10.0 Å². The minimum absolute atomic E-state index is 0.334. The maximum Gasteiger partial charge on any atom is 0.263 e. The number of aromatic amines is 1. The molecule has 0 saturated heterocycles. The van der Waals surface area contributed by atoms with Crippen LogP contribution in [0.5, 0.6) is 11.5 Å². The summed E-state index contributed by atoms with van der Waals surface area (Å²) in [6.45, 7) is 3.19. The highest BCUT2D eigenvalue weighted by atomic mass is 35.5. The van der Waals surface area contributed by atoms with Gasteiger partial charge in [-0.15, -0.1) is 5.10 Å². The van der Waals surface area contributed by atoms with E-state index in [1.54, 1.807) is 0 Å². The van der Waals surface area contributed by atoms with Crippen molar-refractivity contribution in [1.82, 2.24) is 20.6 Å². The molecule has 0 radical (unpaired) electrons. The summed E-state index contributed by atoms with van der Waals surface area (Å²) < 4.78 is 11.6. The summed E-state index contributed by atoms with van der Waals surface area (Å²) in [5.41, 5.74) is 1.84. The number of nitrogens with one attached hydrogen (secondary N) is 2. The van der Waals surface area contributed by atoms with Gasteiger partial charge < -0.3 is 14.8 Å². The maximum absolute atomic E-state index is 6.42. The largest absolute Gasteiger partial charge is 0.490 e. The standard InChI is InChI=1S/C17H17Cl2N5O2/c1-2-25-15-8-12(9-20-17-21-23-24-22-17)7-14(19)16(15)26-10-11-4-3-5-13(18)6-11/h3-8H,2,9-10H2,1H3,(H2,20,21,22,23,24). The Morgan fingerprint density at radius 3 is 2.73 bits per heavy atom. The van der Waals surface area contributed by atoms with Crippen molar-refractivity contribution in [2.45, 2.75) is 20.1 Å². The molecule has 0 atom stereocenters. The van der Waals surface area contributed by atoms with Crippen LogP contribution in [0.4, 0.5) is 5.95 Å². The molecule has 0 fully saturated rings. The molecule has 9 heteroatoms. The lowest BCUT2D eigenvalue weighted by atomic mass is 10.2. The number of hydrogen-bond donors (Lipinski definition) is 2. The zero-order valence-corrected chi connectivity index (χ0v) is 15.5. The molecule has 7 nitrogen and oxygen atoms in total. The highest BCUT2D eigenvalue weighted by molar-refractivity contribution is 6.32. The van der Waals surface area contributed by atoms with E-state index in [9.17, 15) is 0 Å². The number of tetrazole rings is 1. The van der Waals surface area contributed by atoms with Gasteiger partial charge in [0.25, 0.3) is 5.95 Å². The van der Waals surface area contributed by atoms with Gasteiger partial charge in [0, 0.05) is 11.6 Å². The number of ether oxygens (including phenoxy) is 2. The molecule has 0 spiro atoms. The van der Waals surface area contributed by atoms with E-state index < -0.39 is 0 Å². The van der Waals surface area contributed by atoms with Crippen molar-refractivity contribution in [1.29, 1.82) is 0 Å². The lowest BCUT2D eigenvalue weighted by Crippen LogP contribution is -2.04. The Morgan fingerprint density at radius 2 is 2.00 bits per heavy atom. The highest BCUT2D eigenvalue weighted by Gasteiger charge is 2.13. The topological polar surface area (TPSA) is 85.0 Å². The van der Waals surface area contributed by atoms with E-state index in [0.717, 1.165) is 11.1 Å². The quantitative estimate of drug-likeness (QED) is 0.599. The number of H-pyrrole nitrogens is 1. The van der Waals surface area contributed by atoms with Crippen molar-refractivity contribution in [3.63, 3.8) is 0 Å². The van der Waals surface area contributed by atoms with Gasteiger partial charge in [0.05, 0.1) is 11.6 Å². The normalized spacial score (nSPS) is 10.6. The zero-order chi connectivity index (χ0) is 18.4. The molecule has 0 saturated carbocycles. The van der Waals surface area contributed by atoms with Gasteiger partial charge in [-0.25, -0.2) is 0 Å². The average molecular weight is 394 g/mol. The van der Waals surface area contributed by atoms with Gasteiger partial charge in [0.2, 0.25) is 0 Å². The summed E-state index contributed by atoms with van der Waals surface area (Å²) in [6, 6.07) is 11.1. The summed E-state index contributed by atoms with van der Waals surface area (Å²) in [4.78, 5) is 0. The van der Waals surface area contributed by atoms with Gasteiger partial charge >= 0.3 is 0 Å². The second kappa shape index (κ2) is 8.73. The van der Waals surface area contributed by atoms with Crippen molar-refractivity contribution >= 4 is 29.2 Å². The molecule has 0 bridgehead atoms. The maximum atomic E-state index is 6.42. The monoisotopic (exact) mass is 393 g/mol. The number of anilines is 1. The molecule has 0 amide bonds. The molecule has 0 aliphatic heterocycles. The Bertz CT molecular complexity index is 858. The Balaban J connectivity index is 1.75. The summed E-state index contributed by atoms with van der Waals surface area (Å²) in [5.74, 6) is 1.48. The van der Waals surface area contributed by atoms with Crippen LogP contribution in [0.1, 0.15) is 18.1 Å². The molecule has 0 aliphatic carbocycles. The van der Waals surface area contributed by atoms with Crippen molar-refractivity contribution in [3.05, 3.63) is 57.6 Å².